The van der Waals surface area contributed by atoms with E-state index in [1.54, 1.807) is 6.92 Å². The molecule has 0 aromatic rings. The van der Waals surface area contributed by atoms with Crippen molar-refractivity contribution in [3.8, 4) is 0 Å². The second-order valence-electron chi connectivity index (χ2n) is 6.61. The maximum absolute atomic E-state index is 13.3. The SMILES string of the molecule is CC1=C(C(F)(F)F)O[C@@H]2O[C@@H](C)CCC3CCC[C@@H]1C32OO. The van der Waals surface area contributed by atoms with Crippen LogP contribution in [0.1, 0.15) is 46.0 Å². The first-order valence-electron chi connectivity index (χ1n) is 7.73. The minimum absolute atomic E-state index is 0.0732. The standard InChI is InChI=1S/C15H21F3O4/c1-8-6-7-10-4-3-5-11-9(2)12(15(16,17)18)21-13(20-8)14(10,11)22-19/h8,10-11,13,19H,3-7H2,1-2H3/t8-,10?,11-,13-,14?/m0/s1. The minimum atomic E-state index is -4.57. The van der Waals surface area contributed by atoms with E-state index in [-0.39, 0.29) is 17.6 Å². The van der Waals surface area contributed by atoms with E-state index in [0.717, 1.165) is 19.3 Å². The lowest BCUT2D eigenvalue weighted by Gasteiger charge is -2.52. The molecule has 2 fully saturated rings. The Bertz CT molecular complexity index is 476. The van der Waals surface area contributed by atoms with Crippen molar-refractivity contribution in [1.29, 1.82) is 0 Å². The van der Waals surface area contributed by atoms with E-state index in [1.165, 1.54) is 6.92 Å². The van der Waals surface area contributed by atoms with Gasteiger partial charge >= 0.3 is 6.18 Å². The van der Waals surface area contributed by atoms with Gasteiger partial charge in [-0.15, -0.1) is 0 Å². The third-order valence-electron chi connectivity index (χ3n) is 5.40. The van der Waals surface area contributed by atoms with Gasteiger partial charge in [0.2, 0.25) is 12.0 Å². The van der Waals surface area contributed by atoms with Crippen molar-refractivity contribution in [3.05, 3.63) is 11.3 Å². The molecule has 0 bridgehead atoms. The Balaban J connectivity index is 2.11. The number of rotatable bonds is 1. The summed E-state index contributed by atoms with van der Waals surface area (Å²) in [6.45, 7) is 3.22. The topological polar surface area (TPSA) is 47.9 Å². The third kappa shape index (κ3) is 2.25. The van der Waals surface area contributed by atoms with Crippen LogP contribution in [0, 0.1) is 11.8 Å². The zero-order valence-corrected chi connectivity index (χ0v) is 12.7. The Morgan fingerprint density at radius 2 is 1.95 bits per heavy atom. The van der Waals surface area contributed by atoms with Crippen LogP contribution in [0.3, 0.4) is 0 Å². The van der Waals surface area contributed by atoms with Gasteiger partial charge in [-0.3, -0.25) is 5.26 Å². The van der Waals surface area contributed by atoms with Crippen LogP contribution in [0.2, 0.25) is 0 Å². The van der Waals surface area contributed by atoms with Gasteiger partial charge in [0.15, 0.2) is 5.60 Å². The van der Waals surface area contributed by atoms with E-state index in [2.05, 4.69) is 0 Å². The highest BCUT2D eigenvalue weighted by atomic mass is 19.4. The third-order valence-corrected chi connectivity index (χ3v) is 5.40. The molecule has 3 rings (SSSR count). The van der Waals surface area contributed by atoms with Crippen LogP contribution in [0.4, 0.5) is 13.2 Å². The van der Waals surface area contributed by atoms with Gasteiger partial charge in [0, 0.05) is 5.92 Å². The fraction of sp³-hybridized carbons (Fsp3) is 0.867. The fourth-order valence-electron chi connectivity index (χ4n) is 4.36. The van der Waals surface area contributed by atoms with Crippen LogP contribution in [-0.4, -0.2) is 29.4 Å². The molecule has 0 spiro atoms. The summed E-state index contributed by atoms with van der Waals surface area (Å²) in [7, 11) is 0. The van der Waals surface area contributed by atoms with Gasteiger partial charge in [-0.25, -0.2) is 4.89 Å². The van der Waals surface area contributed by atoms with Gasteiger partial charge in [0.05, 0.1) is 6.10 Å². The summed E-state index contributed by atoms with van der Waals surface area (Å²) in [6, 6.07) is 0. The molecular formula is C15H21F3O4. The lowest BCUT2D eigenvalue weighted by molar-refractivity contribution is -0.416. The molecule has 22 heavy (non-hydrogen) atoms. The summed E-state index contributed by atoms with van der Waals surface area (Å²) in [5, 5.41) is 9.64. The lowest BCUT2D eigenvalue weighted by atomic mass is 9.63. The molecule has 1 N–H and O–H groups in total. The zero-order valence-electron chi connectivity index (χ0n) is 12.7. The Labute approximate surface area is 127 Å². The first-order chi connectivity index (χ1) is 10.3. The molecular weight excluding hydrogens is 301 g/mol. The van der Waals surface area contributed by atoms with Gasteiger partial charge in [-0.2, -0.15) is 13.2 Å². The van der Waals surface area contributed by atoms with Crippen LogP contribution < -0.4 is 0 Å². The number of ether oxygens (including phenoxy) is 2. The predicted molar refractivity (Wildman–Crippen MR) is 70.7 cm³/mol. The fourth-order valence-corrected chi connectivity index (χ4v) is 4.36. The molecule has 0 radical (unpaired) electrons. The number of hydrogen-bond donors (Lipinski definition) is 1. The molecule has 4 nitrogen and oxygen atoms in total. The summed E-state index contributed by atoms with van der Waals surface area (Å²) >= 11 is 0. The van der Waals surface area contributed by atoms with Gasteiger partial charge < -0.3 is 9.47 Å². The number of alkyl halides is 3. The van der Waals surface area contributed by atoms with Crippen molar-refractivity contribution in [2.24, 2.45) is 11.8 Å². The zero-order chi connectivity index (χ0) is 16.1. The molecule has 3 aliphatic rings. The molecule has 126 valence electrons. The number of allylic oxidation sites excluding steroid dienone is 1. The van der Waals surface area contributed by atoms with Gasteiger partial charge in [-0.1, -0.05) is 6.42 Å². The second-order valence-corrected chi connectivity index (χ2v) is 6.61. The summed E-state index contributed by atoms with van der Waals surface area (Å²) in [6.07, 6.45) is -2.46. The highest BCUT2D eigenvalue weighted by Crippen LogP contribution is 2.55. The van der Waals surface area contributed by atoms with E-state index >= 15 is 0 Å². The van der Waals surface area contributed by atoms with Gasteiger partial charge in [0.25, 0.3) is 0 Å². The van der Waals surface area contributed by atoms with Gasteiger partial charge in [-0.05, 0) is 51.0 Å². The van der Waals surface area contributed by atoms with Crippen LogP contribution in [0.5, 0.6) is 0 Å². The average molecular weight is 322 g/mol. The average Bonchev–Trinajstić information content (AvgIpc) is 2.59. The molecule has 5 atom stereocenters. The maximum atomic E-state index is 13.3. The normalized spacial score (nSPS) is 42.5. The lowest BCUT2D eigenvalue weighted by Crippen LogP contribution is -2.62. The monoisotopic (exact) mass is 322 g/mol. The highest BCUT2D eigenvalue weighted by molar-refractivity contribution is 5.25. The Hall–Kier alpha value is -0.790. The smallest absolute Gasteiger partial charge is 0.448 e. The predicted octanol–water partition coefficient (Wildman–Crippen LogP) is 4.02. The van der Waals surface area contributed by atoms with Crippen molar-refractivity contribution in [1.82, 2.24) is 0 Å². The van der Waals surface area contributed by atoms with Crippen molar-refractivity contribution in [2.45, 2.75) is 70.1 Å². The first-order valence-corrected chi connectivity index (χ1v) is 7.73. The van der Waals surface area contributed by atoms with Crippen LogP contribution in [0.15, 0.2) is 11.3 Å². The summed E-state index contributed by atoms with van der Waals surface area (Å²) in [5.41, 5.74) is -1.14. The van der Waals surface area contributed by atoms with E-state index < -0.39 is 29.7 Å². The molecule has 0 aromatic carbocycles. The second kappa shape index (κ2) is 5.39. The minimum Gasteiger partial charge on any atom is -0.456 e. The van der Waals surface area contributed by atoms with Crippen molar-refractivity contribution in [2.75, 3.05) is 0 Å². The van der Waals surface area contributed by atoms with Crippen LogP contribution >= 0.6 is 0 Å². The van der Waals surface area contributed by atoms with E-state index in [4.69, 9.17) is 14.4 Å². The largest absolute Gasteiger partial charge is 0.456 e. The Morgan fingerprint density at radius 3 is 2.59 bits per heavy atom. The molecule has 0 amide bonds. The number of halogens is 3. The molecule has 7 heteroatoms. The summed E-state index contributed by atoms with van der Waals surface area (Å²) < 4.78 is 50.7. The van der Waals surface area contributed by atoms with Gasteiger partial charge in [0.1, 0.15) is 0 Å². The van der Waals surface area contributed by atoms with E-state index in [9.17, 15) is 18.4 Å². The molecule has 1 saturated heterocycles. The van der Waals surface area contributed by atoms with Crippen molar-refractivity contribution in [3.63, 3.8) is 0 Å². The molecule has 1 aliphatic carbocycles. The Kier molecular flexibility index (Phi) is 3.94. The van der Waals surface area contributed by atoms with E-state index in [1.807, 2.05) is 0 Å². The molecule has 1 saturated carbocycles. The van der Waals surface area contributed by atoms with Crippen molar-refractivity contribution >= 4 is 0 Å². The van der Waals surface area contributed by atoms with Crippen molar-refractivity contribution < 1.29 is 32.8 Å². The Morgan fingerprint density at radius 1 is 1.23 bits per heavy atom. The number of hydrogen-bond acceptors (Lipinski definition) is 4. The van der Waals surface area contributed by atoms with E-state index in [0.29, 0.717) is 12.8 Å². The van der Waals surface area contributed by atoms with Crippen LogP contribution in [-0.2, 0) is 14.4 Å². The molecule has 2 unspecified atom stereocenters. The highest BCUT2D eigenvalue weighted by Gasteiger charge is 2.63. The maximum Gasteiger partial charge on any atom is 0.448 e. The quantitative estimate of drug-likeness (QED) is 0.585. The van der Waals surface area contributed by atoms with Crippen LogP contribution in [0.25, 0.3) is 0 Å². The summed E-state index contributed by atoms with van der Waals surface area (Å²) in [5.74, 6) is -1.61. The summed E-state index contributed by atoms with van der Waals surface area (Å²) in [4.78, 5) is 4.86. The first kappa shape index (κ1) is 16.1. The molecule has 2 aliphatic heterocycles. The molecule has 0 aromatic heterocycles. The molecule has 2 heterocycles.